The van der Waals surface area contributed by atoms with Gasteiger partial charge in [-0.15, -0.1) is 0 Å². The van der Waals surface area contributed by atoms with Crippen molar-refractivity contribution in [1.82, 2.24) is 5.43 Å². The van der Waals surface area contributed by atoms with Gasteiger partial charge in [-0.25, -0.2) is 0 Å². The van der Waals surface area contributed by atoms with Gasteiger partial charge in [-0.2, -0.15) is 0 Å². The minimum Gasteiger partial charge on any atom is -0.378 e. The molecule has 1 rings (SSSR count). The number of hydrogen-bond donors (Lipinski definition) is 2. The largest absolute Gasteiger partial charge is 0.378 e. The zero-order valence-electron chi connectivity index (χ0n) is 10.9. The molecular weight excluding hydrogens is 200 g/mol. The molecule has 0 aliphatic carbocycles. The van der Waals surface area contributed by atoms with Gasteiger partial charge in [-0.1, -0.05) is 20.3 Å². The molecule has 1 fully saturated rings. The van der Waals surface area contributed by atoms with E-state index in [1.807, 2.05) is 0 Å². The Hall–Kier alpha value is -0.120. The van der Waals surface area contributed by atoms with E-state index in [4.69, 9.17) is 10.6 Å². The summed E-state index contributed by atoms with van der Waals surface area (Å²) in [7, 11) is 0. The molecule has 0 radical (unpaired) electrons. The van der Waals surface area contributed by atoms with Crippen molar-refractivity contribution < 1.29 is 4.74 Å². The van der Waals surface area contributed by atoms with Crippen molar-refractivity contribution in [2.24, 2.45) is 11.8 Å². The van der Waals surface area contributed by atoms with E-state index in [1.165, 1.54) is 44.9 Å². The van der Waals surface area contributed by atoms with E-state index in [9.17, 15) is 0 Å². The summed E-state index contributed by atoms with van der Waals surface area (Å²) in [6, 6.07) is 0.473. The van der Waals surface area contributed by atoms with Crippen LogP contribution in [0.2, 0.25) is 0 Å². The maximum atomic E-state index is 5.62. The van der Waals surface area contributed by atoms with Gasteiger partial charge in [-0.3, -0.25) is 11.3 Å². The monoisotopic (exact) mass is 228 g/mol. The van der Waals surface area contributed by atoms with Gasteiger partial charge >= 0.3 is 0 Å². The first-order valence-electron chi connectivity index (χ1n) is 6.85. The predicted molar refractivity (Wildman–Crippen MR) is 68.0 cm³/mol. The number of ether oxygens (including phenoxy) is 1. The molecule has 1 aliphatic rings. The molecular formula is C13H28N2O. The van der Waals surface area contributed by atoms with Crippen molar-refractivity contribution in [3.05, 3.63) is 0 Å². The molecule has 0 aromatic carbocycles. The maximum absolute atomic E-state index is 5.62. The van der Waals surface area contributed by atoms with Gasteiger partial charge in [0.25, 0.3) is 0 Å². The number of hydrazine groups is 1. The van der Waals surface area contributed by atoms with Gasteiger partial charge < -0.3 is 4.74 Å². The van der Waals surface area contributed by atoms with Crippen LogP contribution in [0.3, 0.4) is 0 Å². The molecule has 0 spiro atoms. The van der Waals surface area contributed by atoms with Gasteiger partial charge in [0.2, 0.25) is 0 Å². The zero-order chi connectivity index (χ0) is 11.8. The van der Waals surface area contributed by atoms with Crippen LogP contribution in [0.5, 0.6) is 0 Å². The fourth-order valence-electron chi connectivity index (χ4n) is 2.63. The molecule has 3 N–H and O–H groups in total. The molecule has 3 atom stereocenters. The van der Waals surface area contributed by atoms with Crippen LogP contribution in [0.4, 0.5) is 0 Å². The zero-order valence-corrected chi connectivity index (χ0v) is 10.9. The first kappa shape index (κ1) is 13.9. The molecule has 0 aromatic heterocycles. The third-order valence-electron chi connectivity index (χ3n) is 3.71. The Balaban J connectivity index is 2.12. The Morgan fingerprint density at radius 3 is 2.81 bits per heavy atom. The van der Waals surface area contributed by atoms with Gasteiger partial charge in [-0.05, 0) is 44.4 Å². The summed E-state index contributed by atoms with van der Waals surface area (Å²) in [5.74, 6) is 6.30. The molecule has 0 saturated carbocycles. The van der Waals surface area contributed by atoms with E-state index >= 15 is 0 Å². The second-order valence-corrected chi connectivity index (χ2v) is 5.11. The normalized spacial score (nSPS) is 24.6. The second-order valence-electron chi connectivity index (χ2n) is 5.11. The molecule has 0 amide bonds. The highest BCUT2D eigenvalue weighted by atomic mass is 16.5. The molecule has 0 aromatic rings. The van der Waals surface area contributed by atoms with Crippen LogP contribution in [0.15, 0.2) is 0 Å². The first-order chi connectivity index (χ1) is 7.77. The molecule has 1 heterocycles. The van der Waals surface area contributed by atoms with E-state index in [1.54, 1.807) is 0 Å². The summed E-state index contributed by atoms with van der Waals surface area (Å²) in [4.78, 5) is 0. The van der Waals surface area contributed by atoms with Crippen molar-refractivity contribution >= 4 is 0 Å². The van der Waals surface area contributed by atoms with Crippen molar-refractivity contribution in [3.8, 4) is 0 Å². The smallest absolute Gasteiger partial charge is 0.0576 e. The van der Waals surface area contributed by atoms with Crippen LogP contribution in [0, 0.1) is 5.92 Å². The van der Waals surface area contributed by atoms with Crippen LogP contribution in [-0.2, 0) is 4.74 Å². The Kier molecular flexibility index (Phi) is 7.01. The summed E-state index contributed by atoms with van der Waals surface area (Å²) < 4.78 is 5.62. The molecule has 16 heavy (non-hydrogen) atoms. The Labute approximate surface area is 100 Å². The van der Waals surface area contributed by atoms with Crippen LogP contribution < -0.4 is 11.3 Å². The summed E-state index contributed by atoms with van der Waals surface area (Å²) in [5, 5.41) is 0. The van der Waals surface area contributed by atoms with E-state index < -0.39 is 0 Å². The lowest BCUT2D eigenvalue weighted by atomic mass is 9.92. The lowest BCUT2D eigenvalue weighted by molar-refractivity contribution is 0.100. The van der Waals surface area contributed by atoms with Crippen LogP contribution in [0.1, 0.15) is 58.8 Å². The van der Waals surface area contributed by atoms with Gasteiger partial charge in [0.15, 0.2) is 0 Å². The Morgan fingerprint density at radius 2 is 2.25 bits per heavy atom. The number of rotatable bonds is 8. The molecule has 1 aliphatic heterocycles. The fraction of sp³-hybridized carbons (Fsp3) is 1.00. The molecule has 3 heteroatoms. The van der Waals surface area contributed by atoms with Gasteiger partial charge in [0.1, 0.15) is 0 Å². The van der Waals surface area contributed by atoms with Crippen molar-refractivity contribution in [3.63, 3.8) is 0 Å². The van der Waals surface area contributed by atoms with Crippen molar-refractivity contribution in [1.29, 1.82) is 0 Å². The quantitative estimate of drug-likeness (QED) is 0.496. The van der Waals surface area contributed by atoms with Gasteiger partial charge in [0, 0.05) is 12.6 Å². The molecule has 96 valence electrons. The lowest BCUT2D eigenvalue weighted by Crippen LogP contribution is -2.40. The minimum atomic E-state index is 0.473. The van der Waals surface area contributed by atoms with Crippen LogP contribution in [0.25, 0.3) is 0 Å². The molecule has 3 unspecified atom stereocenters. The molecule has 1 saturated heterocycles. The number of nitrogens with two attached hydrogens (primary N) is 1. The minimum absolute atomic E-state index is 0.473. The predicted octanol–water partition coefficient (Wildman–Crippen LogP) is 2.60. The standard InChI is InChI=1S/C13H28N2O/c1-3-6-11(2)13(15-14)9-4-7-12-8-5-10-16-12/h11-13,15H,3-10,14H2,1-2H3. The summed E-state index contributed by atoms with van der Waals surface area (Å²) in [5.41, 5.74) is 2.97. The highest BCUT2D eigenvalue weighted by Gasteiger charge is 2.18. The summed E-state index contributed by atoms with van der Waals surface area (Å²) >= 11 is 0. The van der Waals surface area contributed by atoms with E-state index in [0.29, 0.717) is 18.1 Å². The van der Waals surface area contributed by atoms with E-state index in [0.717, 1.165) is 6.61 Å². The second kappa shape index (κ2) is 8.04. The Morgan fingerprint density at radius 1 is 1.44 bits per heavy atom. The number of hydrogen-bond acceptors (Lipinski definition) is 3. The highest BCUT2D eigenvalue weighted by molar-refractivity contribution is 4.72. The third-order valence-corrected chi connectivity index (χ3v) is 3.71. The Bertz CT molecular complexity index is 169. The maximum Gasteiger partial charge on any atom is 0.0576 e. The van der Waals surface area contributed by atoms with E-state index in [2.05, 4.69) is 19.3 Å². The van der Waals surface area contributed by atoms with Crippen LogP contribution >= 0.6 is 0 Å². The fourth-order valence-corrected chi connectivity index (χ4v) is 2.63. The summed E-state index contributed by atoms with van der Waals surface area (Å²) in [6.07, 6.45) is 9.14. The lowest BCUT2D eigenvalue weighted by Gasteiger charge is -2.23. The van der Waals surface area contributed by atoms with Crippen molar-refractivity contribution in [2.45, 2.75) is 70.9 Å². The third kappa shape index (κ3) is 4.81. The number of nitrogens with one attached hydrogen (secondary N) is 1. The van der Waals surface area contributed by atoms with Gasteiger partial charge in [0.05, 0.1) is 6.10 Å². The van der Waals surface area contributed by atoms with E-state index in [-0.39, 0.29) is 0 Å². The van der Waals surface area contributed by atoms with Crippen LogP contribution in [-0.4, -0.2) is 18.8 Å². The summed E-state index contributed by atoms with van der Waals surface area (Å²) in [6.45, 7) is 5.49. The average Bonchev–Trinajstić information content (AvgIpc) is 2.77. The molecule has 3 nitrogen and oxygen atoms in total. The molecule has 0 bridgehead atoms. The van der Waals surface area contributed by atoms with Crippen molar-refractivity contribution in [2.75, 3.05) is 6.61 Å². The average molecular weight is 228 g/mol. The highest BCUT2D eigenvalue weighted by Crippen LogP contribution is 2.20. The first-order valence-corrected chi connectivity index (χ1v) is 6.85. The topological polar surface area (TPSA) is 47.3 Å². The SMILES string of the molecule is CCCC(C)C(CCCC1CCCO1)NN.